The Kier molecular flexibility index (Phi) is 5.37. The average Bonchev–Trinajstić information content (AvgIpc) is 2.97. The molecule has 1 aromatic heterocycles. The van der Waals surface area contributed by atoms with Crippen molar-refractivity contribution >= 4 is 32.9 Å². The van der Waals surface area contributed by atoms with Crippen LogP contribution >= 0.6 is 15.9 Å². The van der Waals surface area contributed by atoms with E-state index in [2.05, 4.69) is 20.9 Å². The molecule has 3 N–H and O–H groups in total. The largest absolute Gasteiger partial charge is 0.464 e. The number of halogens is 1. The van der Waals surface area contributed by atoms with Crippen LogP contribution < -0.4 is 0 Å². The minimum absolute atomic E-state index is 0.105. The van der Waals surface area contributed by atoms with Crippen LogP contribution in [-0.4, -0.2) is 38.1 Å². The lowest BCUT2D eigenvalue weighted by molar-refractivity contribution is -0.233. The predicted molar refractivity (Wildman–Crippen MR) is 98.2 cm³/mol. The predicted octanol–water partition coefficient (Wildman–Crippen LogP) is 4.26. The number of aromatic nitrogens is 1. The van der Waals surface area contributed by atoms with Crippen LogP contribution in [0.25, 0.3) is 10.9 Å². The number of benzene rings is 2. The highest BCUT2D eigenvalue weighted by molar-refractivity contribution is 9.10. The molecule has 0 aliphatic rings. The molecule has 3 aromatic rings. The van der Waals surface area contributed by atoms with Gasteiger partial charge in [0.2, 0.25) is 0 Å². The van der Waals surface area contributed by atoms with Gasteiger partial charge in [-0.2, -0.15) is 0 Å². The summed E-state index contributed by atoms with van der Waals surface area (Å²) in [6, 6.07) is 15.1. The Morgan fingerprint density at radius 2 is 1.92 bits per heavy atom. The van der Waals surface area contributed by atoms with E-state index in [0.29, 0.717) is 6.42 Å². The first-order valence-electron chi connectivity index (χ1n) is 7.81. The highest BCUT2D eigenvalue weighted by atomic mass is 79.9. The normalized spacial score (nSPS) is 11.2. The van der Waals surface area contributed by atoms with E-state index >= 15 is 0 Å². The average molecular weight is 404 g/mol. The number of nitrogens with zero attached hydrogens (tertiary/aromatic N) is 2. The third kappa shape index (κ3) is 4.19. The second kappa shape index (κ2) is 7.69. The van der Waals surface area contributed by atoms with Crippen LogP contribution in [0.2, 0.25) is 0 Å². The van der Waals surface area contributed by atoms with E-state index in [4.69, 9.17) is 0 Å². The molecule has 25 heavy (non-hydrogen) atoms. The number of nitrogens with one attached hydrogen (secondary N) is 1. The molecule has 0 spiro atoms. The molecule has 0 fully saturated rings. The molecule has 0 aliphatic carbocycles. The van der Waals surface area contributed by atoms with Gasteiger partial charge in [-0.05, 0) is 29.7 Å². The molecule has 0 aliphatic heterocycles. The maximum Gasteiger partial charge on any atom is 0.423 e. The molecule has 130 valence electrons. The lowest BCUT2D eigenvalue weighted by Crippen LogP contribution is -2.44. The van der Waals surface area contributed by atoms with Crippen molar-refractivity contribution < 1.29 is 15.1 Å². The summed E-state index contributed by atoms with van der Waals surface area (Å²) in [5.74, 6) is 0. The molecular formula is C18H18BrN3O3. The number of hydroxylamine groups is 1. The van der Waals surface area contributed by atoms with E-state index in [9.17, 15) is 15.1 Å². The van der Waals surface area contributed by atoms with Gasteiger partial charge >= 0.3 is 6.09 Å². The summed E-state index contributed by atoms with van der Waals surface area (Å²) in [4.78, 5) is 14.7. The zero-order chi connectivity index (χ0) is 17.8. The van der Waals surface area contributed by atoms with Crippen molar-refractivity contribution in [3.63, 3.8) is 0 Å². The van der Waals surface area contributed by atoms with Crippen LogP contribution in [0.15, 0.2) is 59.2 Å². The van der Waals surface area contributed by atoms with Crippen molar-refractivity contribution in [3.05, 3.63) is 70.3 Å². The van der Waals surface area contributed by atoms with Crippen LogP contribution in [0.5, 0.6) is 0 Å². The van der Waals surface area contributed by atoms with Gasteiger partial charge in [-0.15, -0.1) is 0 Å². The molecule has 0 bridgehead atoms. The van der Waals surface area contributed by atoms with E-state index in [1.54, 1.807) is 0 Å². The Morgan fingerprint density at radius 3 is 2.64 bits per heavy atom. The molecule has 0 atom stereocenters. The monoisotopic (exact) mass is 403 g/mol. The SMILES string of the molecule is O=C(O)N(CCc1c[nH]c2cc(Br)ccc12)N(O)Cc1ccccc1. The van der Waals surface area contributed by atoms with Crippen molar-refractivity contribution in [1.82, 2.24) is 15.2 Å². The van der Waals surface area contributed by atoms with Gasteiger partial charge in [0.05, 0.1) is 6.54 Å². The third-order valence-electron chi connectivity index (χ3n) is 3.99. The number of carboxylic acid groups (broad SMARTS) is 1. The van der Waals surface area contributed by atoms with Gasteiger partial charge in [-0.3, -0.25) is 5.21 Å². The fourth-order valence-corrected chi connectivity index (χ4v) is 3.09. The third-order valence-corrected chi connectivity index (χ3v) is 4.48. The molecule has 0 saturated heterocycles. The number of carbonyl (C=O) groups is 1. The molecule has 1 amide bonds. The second-order valence-corrected chi connectivity index (χ2v) is 6.59. The molecule has 1 heterocycles. The van der Waals surface area contributed by atoms with Gasteiger partial charge in [0.15, 0.2) is 0 Å². The zero-order valence-corrected chi connectivity index (χ0v) is 15.0. The maximum absolute atomic E-state index is 11.5. The second-order valence-electron chi connectivity index (χ2n) is 5.68. The minimum Gasteiger partial charge on any atom is -0.464 e. The fourth-order valence-electron chi connectivity index (χ4n) is 2.73. The van der Waals surface area contributed by atoms with E-state index in [1.165, 1.54) is 0 Å². The van der Waals surface area contributed by atoms with E-state index < -0.39 is 6.09 Å². The number of amides is 1. The van der Waals surface area contributed by atoms with Crippen molar-refractivity contribution in [3.8, 4) is 0 Å². The Balaban J connectivity index is 1.70. The molecule has 7 heteroatoms. The lowest BCUT2D eigenvalue weighted by atomic mass is 10.1. The number of rotatable bonds is 6. The van der Waals surface area contributed by atoms with Crippen LogP contribution in [-0.2, 0) is 13.0 Å². The molecule has 0 radical (unpaired) electrons. The van der Waals surface area contributed by atoms with Gasteiger partial charge in [0.25, 0.3) is 0 Å². The van der Waals surface area contributed by atoms with Crippen molar-refractivity contribution in [2.75, 3.05) is 6.54 Å². The van der Waals surface area contributed by atoms with Crippen LogP contribution in [0.1, 0.15) is 11.1 Å². The molecule has 0 unspecified atom stereocenters. The molecule has 6 nitrogen and oxygen atoms in total. The Morgan fingerprint density at radius 1 is 1.16 bits per heavy atom. The molecule has 2 aromatic carbocycles. The number of hydrogen-bond acceptors (Lipinski definition) is 3. The minimum atomic E-state index is -1.19. The highest BCUT2D eigenvalue weighted by Crippen LogP contribution is 2.23. The van der Waals surface area contributed by atoms with Crippen molar-refractivity contribution in [2.45, 2.75) is 13.0 Å². The Bertz CT molecular complexity index is 866. The number of fused-ring (bicyclic) bond motifs is 1. The maximum atomic E-state index is 11.5. The van der Waals surface area contributed by atoms with Gasteiger partial charge in [0.1, 0.15) is 0 Å². The van der Waals surface area contributed by atoms with Crippen LogP contribution in [0, 0.1) is 0 Å². The van der Waals surface area contributed by atoms with Crippen LogP contribution in [0.3, 0.4) is 0 Å². The Labute approximate surface area is 153 Å². The standard InChI is InChI=1S/C18H18BrN3O3/c19-15-6-7-16-14(11-20-17(16)10-15)8-9-21(18(23)24)22(25)12-13-4-2-1-3-5-13/h1-7,10-11,20,25H,8-9,12H2,(H,23,24). The fraction of sp³-hybridized carbons (Fsp3) is 0.167. The highest BCUT2D eigenvalue weighted by Gasteiger charge is 2.20. The first-order chi connectivity index (χ1) is 12.0. The molecule has 3 rings (SSSR count). The molecular weight excluding hydrogens is 386 g/mol. The summed E-state index contributed by atoms with van der Waals surface area (Å²) in [5, 5.41) is 22.3. The number of aromatic amines is 1. The summed E-state index contributed by atoms with van der Waals surface area (Å²) in [7, 11) is 0. The number of H-pyrrole nitrogens is 1. The van der Waals surface area contributed by atoms with Gasteiger partial charge < -0.3 is 10.1 Å². The van der Waals surface area contributed by atoms with Gasteiger partial charge in [-0.1, -0.05) is 57.5 Å². The smallest absolute Gasteiger partial charge is 0.423 e. The number of hydrogen-bond donors (Lipinski definition) is 3. The van der Waals surface area contributed by atoms with Crippen molar-refractivity contribution in [1.29, 1.82) is 0 Å². The Hall–Kier alpha value is -2.35. The molecule has 0 saturated carbocycles. The quantitative estimate of drug-likeness (QED) is 0.537. The lowest BCUT2D eigenvalue weighted by Gasteiger charge is -2.27. The van der Waals surface area contributed by atoms with Crippen molar-refractivity contribution in [2.24, 2.45) is 0 Å². The van der Waals surface area contributed by atoms with E-state index in [-0.39, 0.29) is 13.1 Å². The first kappa shape index (κ1) is 17.5. The summed E-state index contributed by atoms with van der Waals surface area (Å²) in [5.41, 5.74) is 2.81. The first-order valence-corrected chi connectivity index (χ1v) is 8.60. The summed E-state index contributed by atoms with van der Waals surface area (Å²) < 4.78 is 0.977. The zero-order valence-electron chi connectivity index (χ0n) is 13.4. The topological polar surface area (TPSA) is 79.8 Å². The van der Waals surface area contributed by atoms with E-state index in [0.717, 1.165) is 36.7 Å². The van der Waals surface area contributed by atoms with E-state index in [1.807, 2.05) is 54.7 Å². The summed E-state index contributed by atoms with van der Waals surface area (Å²) in [6.45, 7) is 0.260. The van der Waals surface area contributed by atoms with Gasteiger partial charge in [0, 0.05) is 28.1 Å². The summed E-state index contributed by atoms with van der Waals surface area (Å²) in [6.07, 6.45) is 1.16. The number of hydrazine groups is 1. The van der Waals surface area contributed by atoms with Gasteiger partial charge in [-0.25, -0.2) is 9.80 Å². The summed E-state index contributed by atoms with van der Waals surface area (Å²) >= 11 is 3.43. The van der Waals surface area contributed by atoms with Crippen LogP contribution in [0.4, 0.5) is 4.79 Å².